The molecule has 0 aliphatic rings. The highest BCUT2D eigenvalue weighted by Crippen LogP contribution is 2.03. The Balaban J connectivity index is 4.55. The van der Waals surface area contributed by atoms with Crippen LogP contribution >= 0.6 is 0 Å². The van der Waals surface area contributed by atoms with E-state index in [1.807, 2.05) is 13.8 Å². The Morgan fingerprint density at radius 3 is 2.20 bits per heavy atom. The van der Waals surface area contributed by atoms with Crippen molar-refractivity contribution in [2.75, 3.05) is 13.2 Å². The molecule has 0 bridgehead atoms. The fourth-order valence-corrected chi connectivity index (χ4v) is 1.29. The van der Waals surface area contributed by atoms with Gasteiger partial charge in [-0.25, -0.2) is 10.2 Å². The van der Waals surface area contributed by atoms with Gasteiger partial charge in [0, 0.05) is 6.42 Å². The topological polar surface area (TPSA) is 94.1 Å². The normalized spacial score (nSPS) is 11.2. The second-order valence-electron chi connectivity index (χ2n) is 4.39. The molecular formula is C13H22N2O5. The highest BCUT2D eigenvalue weighted by atomic mass is 16.5. The summed E-state index contributed by atoms with van der Waals surface area (Å²) >= 11 is 0. The van der Waals surface area contributed by atoms with Crippen molar-refractivity contribution < 1.29 is 23.9 Å². The number of carbonyl (C=O) groups is 3. The molecule has 114 valence electrons. The van der Waals surface area contributed by atoms with Crippen molar-refractivity contribution in [2.24, 2.45) is 11.0 Å². The van der Waals surface area contributed by atoms with Gasteiger partial charge < -0.3 is 9.47 Å². The first-order valence-corrected chi connectivity index (χ1v) is 6.58. The zero-order chi connectivity index (χ0) is 15.5. The molecule has 1 amide bonds. The molecule has 20 heavy (non-hydrogen) atoms. The smallest absolute Gasteiger partial charge is 0.354 e. The Morgan fingerprint density at radius 1 is 1.10 bits per heavy atom. The van der Waals surface area contributed by atoms with Crippen LogP contribution in [0.5, 0.6) is 0 Å². The van der Waals surface area contributed by atoms with Crippen molar-refractivity contribution in [3.8, 4) is 0 Å². The number of esters is 2. The lowest BCUT2D eigenvalue weighted by Gasteiger charge is -2.08. The minimum atomic E-state index is -0.637. The second-order valence-corrected chi connectivity index (χ2v) is 4.39. The van der Waals surface area contributed by atoms with Gasteiger partial charge in [0.15, 0.2) is 0 Å². The van der Waals surface area contributed by atoms with Crippen LogP contribution in [0.1, 0.15) is 40.5 Å². The monoisotopic (exact) mass is 286 g/mol. The Bertz CT molecular complexity index is 377. The molecule has 0 aliphatic heterocycles. The van der Waals surface area contributed by atoms with Crippen LogP contribution in [0.2, 0.25) is 0 Å². The van der Waals surface area contributed by atoms with Gasteiger partial charge in [0.2, 0.25) is 0 Å². The van der Waals surface area contributed by atoms with Gasteiger partial charge in [-0.3, -0.25) is 9.59 Å². The molecule has 0 aromatic rings. The van der Waals surface area contributed by atoms with Gasteiger partial charge in [-0.05, 0) is 19.8 Å². The summed E-state index contributed by atoms with van der Waals surface area (Å²) in [7, 11) is 0. The Kier molecular flexibility index (Phi) is 8.98. The van der Waals surface area contributed by atoms with Crippen LogP contribution in [-0.2, 0) is 23.9 Å². The number of hydrogen-bond acceptors (Lipinski definition) is 6. The number of nitrogens with zero attached hydrogens (tertiary/aromatic N) is 1. The van der Waals surface area contributed by atoms with Gasteiger partial charge in [-0.15, -0.1) is 0 Å². The molecule has 0 unspecified atom stereocenters. The number of carbonyl (C=O) groups excluding carboxylic acids is 3. The van der Waals surface area contributed by atoms with E-state index in [-0.39, 0.29) is 24.8 Å². The van der Waals surface area contributed by atoms with Crippen LogP contribution < -0.4 is 5.43 Å². The maximum Gasteiger partial charge on any atom is 0.354 e. The molecule has 0 saturated heterocycles. The SMILES string of the molecule is CCOC(=O)CC(=O)N/N=C(\CC(C)C)C(=O)OCC. The van der Waals surface area contributed by atoms with Crippen molar-refractivity contribution in [2.45, 2.75) is 40.5 Å². The first-order valence-electron chi connectivity index (χ1n) is 6.58. The first-order chi connectivity index (χ1) is 9.40. The van der Waals surface area contributed by atoms with Gasteiger partial charge in [0.05, 0.1) is 13.2 Å². The van der Waals surface area contributed by atoms with E-state index in [4.69, 9.17) is 4.74 Å². The molecule has 0 rings (SSSR count). The average molecular weight is 286 g/mol. The first kappa shape index (κ1) is 18.1. The Hall–Kier alpha value is -1.92. The summed E-state index contributed by atoms with van der Waals surface area (Å²) in [4.78, 5) is 34.1. The predicted molar refractivity (Wildman–Crippen MR) is 72.9 cm³/mol. The van der Waals surface area contributed by atoms with Gasteiger partial charge >= 0.3 is 11.9 Å². The summed E-state index contributed by atoms with van der Waals surface area (Å²) < 4.78 is 9.47. The van der Waals surface area contributed by atoms with Crippen LogP contribution in [0.3, 0.4) is 0 Å². The fourth-order valence-electron chi connectivity index (χ4n) is 1.29. The van der Waals surface area contributed by atoms with Crippen molar-refractivity contribution in [1.29, 1.82) is 0 Å². The Labute approximate surface area is 118 Å². The maximum atomic E-state index is 11.6. The summed E-state index contributed by atoms with van der Waals surface area (Å²) in [5, 5.41) is 3.73. The van der Waals surface area contributed by atoms with E-state index in [9.17, 15) is 14.4 Å². The van der Waals surface area contributed by atoms with Crippen LogP contribution in [-0.4, -0.2) is 36.8 Å². The minimum absolute atomic E-state index is 0.124. The van der Waals surface area contributed by atoms with Crippen LogP contribution in [0, 0.1) is 5.92 Å². The average Bonchev–Trinajstić information content (AvgIpc) is 2.34. The Morgan fingerprint density at radius 2 is 1.70 bits per heavy atom. The predicted octanol–water partition coefficient (Wildman–Crippen LogP) is 1.02. The van der Waals surface area contributed by atoms with Crippen molar-refractivity contribution in [3.05, 3.63) is 0 Å². The molecule has 0 aromatic heterocycles. The van der Waals surface area contributed by atoms with E-state index in [1.165, 1.54) is 0 Å². The van der Waals surface area contributed by atoms with Gasteiger partial charge in [-0.1, -0.05) is 13.8 Å². The lowest BCUT2D eigenvalue weighted by molar-refractivity contribution is -0.146. The molecular weight excluding hydrogens is 264 g/mol. The molecule has 0 saturated carbocycles. The molecule has 1 N–H and O–H groups in total. The van der Waals surface area contributed by atoms with Crippen molar-refractivity contribution in [3.63, 3.8) is 0 Å². The highest BCUT2D eigenvalue weighted by Gasteiger charge is 2.16. The number of hydrazone groups is 1. The van der Waals surface area contributed by atoms with E-state index in [2.05, 4.69) is 15.3 Å². The van der Waals surface area contributed by atoms with Crippen LogP contribution in [0.15, 0.2) is 5.10 Å². The van der Waals surface area contributed by atoms with Crippen LogP contribution in [0.25, 0.3) is 0 Å². The summed E-state index contributed by atoms with van der Waals surface area (Å²) in [5.74, 6) is -1.66. The summed E-state index contributed by atoms with van der Waals surface area (Å²) in [6.45, 7) is 7.59. The lowest BCUT2D eigenvalue weighted by atomic mass is 10.1. The summed E-state index contributed by atoms with van der Waals surface area (Å²) in [6.07, 6.45) is -0.0619. The fraction of sp³-hybridized carbons (Fsp3) is 0.692. The molecule has 0 radical (unpaired) electrons. The van der Waals surface area contributed by atoms with E-state index in [0.29, 0.717) is 6.42 Å². The molecule has 0 aliphatic carbocycles. The van der Waals surface area contributed by atoms with Gasteiger partial charge in [0.25, 0.3) is 5.91 Å². The third-order valence-corrected chi connectivity index (χ3v) is 2.04. The molecule has 0 heterocycles. The van der Waals surface area contributed by atoms with E-state index >= 15 is 0 Å². The molecule has 7 heteroatoms. The largest absolute Gasteiger partial charge is 0.466 e. The summed E-state index contributed by atoms with van der Waals surface area (Å²) in [5.41, 5.74) is 2.29. The van der Waals surface area contributed by atoms with E-state index in [1.54, 1.807) is 13.8 Å². The molecule has 7 nitrogen and oxygen atoms in total. The zero-order valence-corrected chi connectivity index (χ0v) is 12.4. The molecule has 0 aromatic carbocycles. The number of ether oxygens (including phenoxy) is 2. The number of rotatable bonds is 8. The second kappa shape index (κ2) is 9.94. The van der Waals surface area contributed by atoms with Crippen molar-refractivity contribution in [1.82, 2.24) is 5.43 Å². The quantitative estimate of drug-likeness (QED) is 0.311. The van der Waals surface area contributed by atoms with E-state index in [0.717, 1.165) is 0 Å². The summed E-state index contributed by atoms with van der Waals surface area (Å²) in [6, 6.07) is 0. The third-order valence-electron chi connectivity index (χ3n) is 2.04. The van der Waals surface area contributed by atoms with Crippen LogP contribution in [0.4, 0.5) is 0 Å². The number of hydrogen-bond donors (Lipinski definition) is 1. The third kappa shape index (κ3) is 8.23. The van der Waals surface area contributed by atoms with Crippen molar-refractivity contribution >= 4 is 23.6 Å². The number of amides is 1. The lowest BCUT2D eigenvalue weighted by Crippen LogP contribution is -2.27. The van der Waals surface area contributed by atoms with Gasteiger partial charge in [0.1, 0.15) is 12.1 Å². The maximum absolute atomic E-state index is 11.6. The standard InChI is InChI=1S/C13H22N2O5/c1-5-19-12(17)8-11(16)15-14-10(7-9(3)4)13(18)20-6-2/h9H,5-8H2,1-4H3,(H,15,16)/b14-10+. The van der Waals surface area contributed by atoms with Gasteiger partial charge in [-0.2, -0.15) is 5.10 Å². The van der Waals surface area contributed by atoms with E-state index < -0.39 is 24.3 Å². The zero-order valence-electron chi connectivity index (χ0n) is 12.4. The molecule has 0 spiro atoms. The number of nitrogens with one attached hydrogen (secondary N) is 1. The minimum Gasteiger partial charge on any atom is -0.466 e. The highest BCUT2D eigenvalue weighted by molar-refractivity contribution is 6.36. The molecule has 0 fully saturated rings. The molecule has 0 atom stereocenters.